The van der Waals surface area contributed by atoms with Crippen LogP contribution in [0.5, 0.6) is 0 Å². The van der Waals surface area contributed by atoms with Crippen molar-refractivity contribution in [2.45, 2.75) is 103 Å². The van der Waals surface area contributed by atoms with Gasteiger partial charge in [-0.1, -0.05) is 48.8 Å². The zero-order valence-corrected chi connectivity index (χ0v) is 20.4. The summed E-state index contributed by atoms with van der Waals surface area (Å²) in [6.45, 7) is 11.0. The zero-order valence-electron chi connectivity index (χ0n) is 19.6. The van der Waals surface area contributed by atoms with Gasteiger partial charge in [-0.2, -0.15) is 0 Å². The lowest BCUT2D eigenvalue weighted by Gasteiger charge is -2.42. The van der Waals surface area contributed by atoms with Crippen LogP contribution in [0.3, 0.4) is 0 Å². The zero-order chi connectivity index (χ0) is 22.1. The number of allylic oxidation sites excluding steroid dienone is 5. The van der Waals surface area contributed by atoms with E-state index in [1.54, 1.807) is 5.57 Å². The predicted molar refractivity (Wildman–Crippen MR) is 127 cm³/mol. The minimum atomic E-state index is -0.788. The van der Waals surface area contributed by atoms with Crippen molar-refractivity contribution in [3.05, 3.63) is 34.9 Å². The summed E-state index contributed by atoms with van der Waals surface area (Å²) in [6.07, 6.45) is 13.7. The van der Waals surface area contributed by atoms with Crippen molar-refractivity contribution < 1.29 is 14.4 Å². The molecule has 30 heavy (non-hydrogen) atoms. The molecule has 0 aromatic carbocycles. The summed E-state index contributed by atoms with van der Waals surface area (Å²) >= 11 is 0. The molecule has 170 valence electrons. The third-order valence-corrected chi connectivity index (χ3v) is 9.61. The van der Waals surface area contributed by atoms with Crippen molar-refractivity contribution in [3.8, 4) is 0 Å². The van der Waals surface area contributed by atoms with E-state index in [2.05, 4.69) is 52.8 Å². The normalized spacial score (nSPS) is 35.7. The molecule has 2 N–H and O–H groups in total. The van der Waals surface area contributed by atoms with Gasteiger partial charge < -0.3 is 10.2 Å². The Balaban J connectivity index is 1.69. The molecule has 0 amide bonds. The maximum atomic E-state index is 12.5. The van der Waals surface area contributed by atoms with Crippen molar-refractivity contribution in [3.63, 3.8) is 0 Å². The first kappa shape index (κ1) is 23.9. The Morgan fingerprint density at radius 2 is 1.90 bits per heavy atom. The van der Waals surface area contributed by atoms with Crippen LogP contribution >= 0.6 is 0 Å². The lowest BCUT2D eigenvalue weighted by molar-refractivity contribution is 0.0609. The first-order chi connectivity index (χ1) is 14.0. The molecular weight excluding hydrogens is 392 g/mol. The summed E-state index contributed by atoms with van der Waals surface area (Å²) < 4.78 is 12.4. The maximum absolute atomic E-state index is 12.5. The number of aliphatic hydroxyl groups excluding tert-OH is 2. The first-order valence-electron chi connectivity index (χ1n) is 11.8. The van der Waals surface area contributed by atoms with Gasteiger partial charge in [-0.15, -0.1) is 0 Å². The summed E-state index contributed by atoms with van der Waals surface area (Å²) in [5.41, 5.74) is 4.50. The highest BCUT2D eigenvalue weighted by Crippen LogP contribution is 2.56. The van der Waals surface area contributed by atoms with Crippen molar-refractivity contribution in [2.24, 2.45) is 17.3 Å². The fraction of sp³-hybridized carbons (Fsp3) is 0.769. The van der Waals surface area contributed by atoms with E-state index in [0.29, 0.717) is 31.1 Å². The van der Waals surface area contributed by atoms with Crippen LogP contribution in [0.1, 0.15) is 86.0 Å². The van der Waals surface area contributed by atoms with Gasteiger partial charge in [0.2, 0.25) is 0 Å². The van der Waals surface area contributed by atoms with Crippen LogP contribution in [0.25, 0.3) is 0 Å². The molecule has 3 aliphatic carbocycles. The SMILES string of the molecule is C[C@H](CCS(=O)C(C)(C)C)C1=CC[C@H]2C(=CC=C3C[C@@H](O)C[C@H](O)C3)CCC[C@]12C. The van der Waals surface area contributed by atoms with Crippen LogP contribution in [-0.2, 0) is 10.8 Å². The highest BCUT2D eigenvalue weighted by atomic mass is 32.2. The molecule has 0 saturated heterocycles. The molecule has 4 heteroatoms. The first-order valence-corrected chi connectivity index (χ1v) is 13.2. The Kier molecular flexibility index (Phi) is 7.52. The van der Waals surface area contributed by atoms with Crippen LogP contribution < -0.4 is 0 Å². The van der Waals surface area contributed by atoms with Crippen LogP contribution in [0, 0.1) is 17.3 Å². The molecule has 2 fully saturated rings. The highest BCUT2D eigenvalue weighted by molar-refractivity contribution is 7.86. The fourth-order valence-electron chi connectivity index (χ4n) is 5.89. The average molecular weight is 435 g/mol. The second-order valence-corrected chi connectivity index (χ2v) is 13.4. The summed E-state index contributed by atoms with van der Waals surface area (Å²) in [6, 6.07) is 0. The minimum Gasteiger partial charge on any atom is -0.393 e. The quantitative estimate of drug-likeness (QED) is 0.565. The molecule has 0 aliphatic heterocycles. The van der Waals surface area contributed by atoms with Gasteiger partial charge in [0.1, 0.15) is 0 Å². The molecule has 3 rings (SSSR count). The number of hydrogen-bond acceptors (Lipinski definition) is 3. The number of aliphatic hydroxyl groups is 2. The van der Waals surface area contributed by atoms with E-state index < -0.39 is 23.0 Å². The molecule has 0 radical (unpaired) electrons. The molecule has 0 heterocycles. The van der Waals surface area contributed by atoms with Crippen molar-refractivity contribution in [1.82, 2.24) is 0 Å². The lowest BCUT2D eigenvalue weighted by Crippen LogP contribution is -2.33. The van der Waals surface area contributed by atoms with E-state index in [1.165, 1.54) is 24.0 Å². The van der Waals surface area contributed by atoms with Crippen LogP contribution in [0.15, 0.2) is 34.9 Å². The van der Waals surface area contributed by atoms with Crippen molar-refractivity contribution in [1.29, 1.82) is 0 Å². The molecule has 1 unspecified atom stereocenters. The van der Waals surface area contributed by atoms with E-state index in [4.69, 9.17) is 0 Å². The van der Waals surface area contributed by atoms with Gasteiger partial charge in [0, 0.05) is 21.3 Å². The van der Waals surface area contributed by atoms with Gasteiger partial charge in [0.15, 0.2) is 0 Å². The van der Waals surface area contributed by atoms with Crippen LogP contribution in [0.4, 0.5) is 0 Å². The van der Waals surface area contributed by atoms with E-state index in [-0.39, 0.29) is 10.2 Å². The second kappa shape index (κ2) is 9.42. The summed E-state index contributed by atoms with van der Waals surface area (Å²) in [5, 5.41) is 19.9. The molecule has 0 bridgehead atoms. The van der Waals surface area contributed by atoms with Gasteiger partial charge in [-0.05, 0) is 89.4 Å². The molecule has 0 aromatic heterocycles. The summed E-state index contributed by atoms with van der Waals surface area (Å²) in [5.74, 6) is 1.82. The number of rotatable bonds is 5. The molecule has 3 nitrogen and oxygen atoms in total. The Labute approximate surface area is 186 Å². The fourth-order valence-corrected chi connectivity index (χ4v) is 7.07. The van der Waals surface area contributed by atoms with Gasteiger partial charge >= 0.3 is 0 Å². The highest BCUT2D eigenvalue weighted by Gasteiger charge is 2.46. The van der Waals surface area contributed by atoms with E-state index in [1.807, 2.05) is 0 Å². The monoisotopic (exact) mass is 434 g/mol. The molecular formula is C26H42O3S. The molecule has 0 aromatic rings. The van der Waals surface area contributed by atoms with Gasteiger partial charge in [-0.25, -0.2) is 0 Å². The standard InChI is InChI=1S/C26H42O3S/c1-18(12-14-30(29)25(2,3)4)23-10-11-24-20(7-6-13-26(23,24)5)9-8-19-15-21(27)17-22(28)16-19/h8-10,18,21-22,24,27-28H,6-7,11-17H2,1-5H3/t18-,21-,22-,24+,26-,30?/m1/s1. The number of hydrogen-bond donors (Lipinski definition) is 2. The molecule has 3 aliphatic rings. The van der Waals surface area contributed by atoms with Gasteiger partial charge in [-0.3, -0.25) is 4.21 Å². The molecule has 0 spiro atoms. The van der Waals surface area contributed by atoms with Gasteiger partial charge in [0.25, 0.3) is 0 Å². The Morgan fingerprint density at radius 1 is 1.23 bits per heavy atom. The Bertz CT molecular complexity index is 730. The molecule has 6 atom stereocenters. The average Bonchev–Trinajstić information content (AvgIpc) is 3.00. The van der Waals surface area contributed by atoms with Crippen molar-refractivity contribution >= 4 is 10.8 Å². The van der Waals surface area contributed by atoms with Gasteiger partial charge in [0.05, 0.1) is 12.2 Å². The van der Waals surface area contributed by atoms with E-state index in [0.717, 1.165) is 25.0 Å². The Hall–Kier alpha value is -0.710. The maximum Gasteiger partial charge on any atom is 0.0602 e. The number of fused-ring (bicyclic) bond motifs is 1. The smallest absolute Gasteiger partial charge is 0.0602 e. The van der Waals surface area contributed by atoms with E-state index >= 15 is 0 Å². The topological polar surface area (TPSA) is 57.5 Å². The summed E-state index contributed by atoms with van der Waals surface area (Å²) in [7, 11) is -0.788. The van der Waals surface area contributed by atoms with Crippen molar-refractivity contribution in [2.75, 3.05) is 5.75 Å². The third kappa shape index (κ3) is 5.37. The predicted octanol–water partition coefficient (Wildman–Crippen LogP) is 5.45. The second-order valence-electron chi connectivity index (χ2n) is 11.1. The van der Waals surface area contributed by atoms with E-state index in [9.17, 15) is 14.4 Å². The van der Waals surface area contributed by atoms with Crippen LogP contribution in [0.2, 0.25) is 0 Å². The van der Waals surface area contributed by atoms with Crippen LogP contribution in [-0.4, -0.2) is 37.1 Å². The Morgan fingerprint density at radius 3 is 2.53 bits per heavy atom. The minimum absolute atomic E-state index is 0.134. The third-order valence-electron chi connectivity index (χ3n) is 7.63. The lowest BCUT2D eigenvalue weighted by atomic mass is 9.62. The summed E-state index contributed by atoms with van der Waals surface area (Å²) in [4.78, 5) is 0. The largest absolute Gasteiger partial charge is 0.393 e. The molecule has 2 saturated carbocycles.